The van der Waals surface area contributed by atoms with Crippen LogP contribution in [0.4, 0.5) is 0 Å². The first-order valence-electron chi connectivity index (χ1n) is 3.29. The highest BCUT2D eigenvalue weighted by atomic mass is 32.3. The van der Waals surface area contributed by atoms with Gasteiger partial charge < -0.3 is 10.2 Å². The molecule has 9 heteroatoms. The van der Waals surface area contributed by atoms with E-state index < -0.39 is 41.3 Å². The van der Waals surface area contributed by atoms with Crippen molar-refractivity contribution in [2.45, 2.75) is 6.42 Å². The van der Waals surface area contributed by atoms with Gasteiger partial charge in [0.2, 0.25) is 0 Å². The minimum atomic E-state index is -4.74. The smallest absolute Gasteiger partial charge is 0.397 e. The number of hydrogen-bond acceptors (Lipinski definition) is 5. The Morgan fingerprint density at radius 1 is 1.29 bits per heavy atom. The lowest BCUT2D eigenvalue weighted by molar-refractivity contribution is -0.149. The van der Waals surface area contributed by atoms with Gasteiger partial charge in [-0.25, -0.2) is 4.18 Å². The maximum absolute atomic E-state index is 10.3. The Morgan fingerprint density at radius 2 is 1.79 bits per heavy atom. The predicted molar refractivity (Wildman–Crippen MR) is 40.9 cm³/mol. The van der Waals surface area contributed by atoms with E-state index in [1.54, 1.807) is 0 Å². The van der Waals surface area contributed by atoms with Crippen LogP contribution in [-0.4, -0.2) is 41.7 Å². The molecule has 0 aromatic heterocycles. The molecule has 0 rings (SSSR count). The quantitative estimate of drug-likeness (QED) is 0.491. The van der Waals surface area contributed by atoms with Crippen LogP contribution in [-0.2, 0) is 24.2 Å². The SMILES string of the molecule is O=C(O)C[C@H](COS(=O)(=O)O)C(=O)O. The molecular weight excluding hydrogens is 220 g/mol. The third-order valence-electron chi connectivity index (χ3n) is 1.19. The summed E-state index contributed by atoms with van der Waals surface area (Å²) >= 11 is 0. The van der Waals surface area contributed by atoms with Crippen LogP contribution in [0.1, 0.15) is 6.42 Å². The largest absolute Gasteiger partial charge is 0.481 e. The fraction of sp³-hybridized carbons (Fsp3) is 0.600. The molecule has 0 unspecified atom stereocenters. The van der Waals surface area contributed by atoms with Crippen LogP contribution in [0, 0.1) is 5.92 Å². The molecule has 0 spiro atoms. The summed E-state index contributed by atoms with van der Waals surface area (Å²) in [4.78, 5) is 20.4. The molecule has 0 saturated heterocycles. The van der Waals surface area contributed by atoms with Crippen molar-refractivity contribution in [1.82, 2.24) is 0 Å². The molecule has 0 aromatic carbocycles. The maximum atomic E-state index is 10.3. The van der Waals surface area contributed by atoms with Crippen molar-refractivity contribution >= 4 is 22.3 Å². The van der Waals surface area contributed by atoms with Gasteiger partial charge in [-0.2, -0.15) is 8.42 Å². The molecule has 1 atom stereocenters. The van der Waals surface area contributed by atoms with E-state index >= 15 is 0 Å². The second-order valence-corrected chi connectivity index (χ2v) is 3.44. The summed E-state index contributed by atoms with van der Waals surface area (Å²) in [5.41, 5.74) is 0. The van der Waals surface area contributed by atoms with Crippen LogP contribution >= 0.6 is 0 Å². The van der Waals surface area contributed by atoms with Gasteiger partial charge in [0.05, 0.1) is 18.9 Å². The van der Waals surface area contributed by atoms with E-state index in [2.05, 4.69) is 4.18 Å². The van der Waals surface area contributed by atoms with Gasteiger partial charge in [0.15, 0.2) is 0 Å². The predicted octanol–water partition coefficient (Wildman–Crippen LogP) is -1.02. The molecule has 14 heavy (non-hydrogen) atoms. The number of rotatable bonds is 6. The van der Waals surface area contributed by atoms with Crippen molar-refractivity contribution < 1.29 is 37.0 Å². The van der Waals surface area contributed by atoms with Crippen LogP contribution in [0.3, 0.4) is 0 Å². The highest BCUT2D eigenvalue weighted by Crippen LogP contribution is 2.05. The monoisotopic (exact) mass is 228 g/mol. The molecule has 0 amide bonds. The molecular formula is C5H8O8S. The highest BCUT2D eigenvalue weighted by Gasteiger charge is 2.23. The summed E-state index contributed by atoms with van der Waals surface area (Å²) in [6.45, 7) is -0.916. The molecule has 0 aliphatic carbocycles. The summed E-state index contributed by atoms with van der Waals surface area (Å²) in [7, 11) is -4.74. The summed E-state index contributed by atoms with van der Waals surface area (Å²) in [5, 5.41) is 16.6. The molecule has 0 radical (unpaired) electrons. The van der Waals surface area contributed by atoms with E-state index in [4.69, 9.17) is 14.8 Å². The lowest BCUT2D eigenvalue weighted by atomic mass is 10.1. The summed E-state index contributed by atoms with van der Waals surface area (Å²) in [5.74, 6) is -4.44. The number of carbonyl (C=O) groups is 2. The number of carboxylic acids is 2. The molecule has 82 valence electrons. The highest BCUT2D eigenvalue weighted by molar-refractivity contribution is 7.80. The summed E-state index contributed by atoms with van der Waals surface area (Å²) < 4.78 is 31.9. The Hall–Kier alpha value is -1.19. The van der Waals surface area contributed by atoms with Gasteiger partial charge in [-0.05, 0) is 0 Å². The molecule has 0 bridgehead atoms. The lowest BCUT2D eigenvalue weighted by Gasteiger charge is -2.07. The Labute approximate surface area is 79.1 Å². The van der Waals surface area contributed by atoms with Gasteiger partial charge in [-0.15, -0.1) is 0 Å². The average molecular weight is 228 g/mol. The molecule has 8 nitrogen and oxygen atoms in total. The fourth-order valence-corrected chi connectivity index (χ4v) is 0.933. The number of aliphatic carboxylic acids is 2. The van der Waals surface area contributed by atoms with Gasteiger partial charge in [0.1, 0.15) is 0 Å². The number of carboxylic acid groups (broad SMARTS) is 2. The van der Waals surface area contributed by atoms with Crippen LogP contribution in [0.25, 0.3) is 0 Å². The first-order valence-corrected chi connectivity index (χ1v) is 4.65. The van der Waals surface area contributed by atoms with Crippen molar-refractivity contribution in [3.63, 3.8) is 0 Å². The minimum Gasteiger partial charge on any atom is -0.481 e. The molecule has 0 aliphatic heterocycles. The van der Waals surface area contributed by atoms with Crippen LogP contribution in [0.5, 0.6) is 0 Å². The van der Waals surface area contributed by atoms with E-state index in [1.165, 1.54) is 0 Å². The van der Waals surface area contributed by atoms with E-state index in [1.807, 2.05) is 0 Å². The standard InChI is InChI=1S/C5H8O8S/c6-4(7)1-3(5(8)9)2-13-14(10,11)12/h3H,1-2H2,(H,6,7)(H,8,9)(H,10,11,12)/t3-/m1/s1. The van der Waals surface area contributed by atoms with Crippen LogP contribution in [0.15, 0.2) is 0 Å². The molecule has 0 aliphatic rings. The Balaban J connectivity index is 4.25. The maximum Gasteiger partial charge on any atom is 0.397 e. The van der Waals surface area contributed by atoms with Crippen molar-refractivity contribution in [1.29, 1.82) is 0 Å². The van der Waals surface area contributed by atoms with Gasteiger partial charge in [-0.1, -0.05) is 0 Å². The Kier molecular flexibility index (Phi) is 4.47. The van der Waals surface area contributed by atoms with Crippen molar-refractivity contribution in [3.8, 4) is 0 Å². The first-order chi connectivity index (χ1) is 6.22. The van der Waals surface area contributed by atoms with Crippen molar-refractivity contribution in [2.24, 2.45) is 5.92 Å². The fourth-order valence-electron chi connectivity index (χ4n) is 0.596. The van der Waals surface area contributed by atoms with Gasteiger partial charge in [0.25, 0.3) is 0 Å². The minimum absolute atomic E-state index is 0.787. The van der Waals surface area contributed by atoms with Crippen LogP contribution < -0.4 is 0 Å². The second kappa shape index (κ2) is 4.88. The second-order valence-electron chi connectivity index (χ2n) is 2.35. The van der Waals surface area contributed by atoms with E-state index in [-0.39, 0.29) is 0 Å². The van der Waals surface area contributed by atoms with Gasteiger partial charge >= 0.3 is 22.3 Å². The zero-order chi connectivity index (χ0) is 11.4. The zero-order valence-corrected chi connectivity index (χ0v) is 7.60. The average Bonchev–Trinajstić information content (AvgIpc) is 1.94. The van der Waals surface area contributed by atoms with Gasteiger partial charge in [0, 0.05) is 0 Å². The first kappa shape index (κ1) is 12.8. The van der Waals surface area contributed by atoms with Crippen molar-refractivity contribution in [3.05, 3.63) is 0 Å². The Morgan fingerprint density at radius 3 is 2.07 bits per heavy atom. The third-order valence-corrected chi connectivity index (χ3v) is 1.62. The zero-order valence-electron chi connectivity index (χ0n) is 6.78. The molecule has 0 fully saturated rings. The summed E-state index contributed by atoms with van der Waals surface area (Å²) in [6.07, 6.45) is -0.787. The third kappa shape index (κ3) is 6.34. The number of hydrogen-bond donors (Lipinski definition) is 3. The van der Waals surface area contributed by atoms with E-state index in [9.17, 15) is 18.0 Å². The van der Waals surface area contributed by atoms with Crippen LogP contribution in [0.2, 0.25) is 0 Å². The van der Waals surface area contributed by atoms with E-state index in [0.29, 0.717) is 0 Å². The molecule has 0 saturated carbocycles. The van der Waals surface area contributed by atoms with Gasteiger partial charge in [-0.3, -0.25) is 14.1 Å². The topological polar surface area (TPSA) is 138 Å². The lowest BCUT2D eigenvalue weighted by Crippen LogP contribution is -2.24. The summed E-state index contributed by atoms with van der Waals surface area (Å²) in [6, 6.07) is 0. The Bertz CT molecular complexity index is 317. The van der Waals surface area contributed by atoms with E-state index in [0.717, 1.165) is 0 Å². The molecule has 0 heterocycles. The molecule has 0 aromatic rings. The van der Waals surface area contributed by atoms with Crippen molar-refractivity contribution in [2.75, 3.05) is 6.61 Å². The molecule has 3 N–H and O–H groups in total. The normalized spacial score (nSPS) is 13.5.